The van der Waals surface area contributed by atoms with Crippen molar-refractivity contribution in [2.75, 3.05) is 5.73 Å². The van der Waals surface area contributed by atoms with E-state index in [1.165, 1.54) is 0 Å². The van der Waals surface area contributed by atoms with Crippen LogP contribution in [0.4, 0.5) is 5.95 Å². The summed E-state index contributed by atoms with van der Waals surface area (Å²) in [5, 5.41) is 3.53. The summed E-state index contributed by atoms with van der Waals surface area (Å²) in [5.41, 5.74) is 7.34. The Balaban J connectivity index is 2.57. The number of anilines is 1. The first-order valence-electron chi connectivity index (χ1n) is 4.03. The van der Waals surface area contributed by atoms with Crippen LogP contribution in [0.1, 0.15) is 5.56 Å². The molecule has 14 heavy (non-hydrogen) atoms. The standard InChI is InChI=1S/C9H8BrN3O/c1-5-3-2-4-6(7(5)10)8-12-9(11)13-14-8/h2-4H,1H3,(H2,11,13). The third kappa shape index (κ3) is 1.50. The smallest absolute Gasteiger partial charge is 0.261 e. The SMILES string of the molecule is Cc1cccc(-c2nc(N)no2)c1Br. The van der Waals surface area contributed by atoms with Crippen molar-refractivity contribution in [2.45, 2.75) is 6.92 Å². The number of rotatable bonds is 1. The van der Waals surface area contributed by atoms with Crippen LogP contribution in [0.5, 0.6) is 0 Å². The molecule has 1 aromatic heterocycles. The molecule has 2 rings (SSSR count). The van der Waals surface area contributed by atoms with Gasteiger partial charge in [0.15, 0.2) is 0 Å². The molecule has 0 aliphatic rings. The number of hydrogen-bond acceptors (Lipinski definition) is 4. The molecule has 0 unspecified atom stereocenters. The van der Waals surface area contributed by atoms with Crippen molar-refractivity contribution in [1.82, 2.24) is 10.1 Å². The lowest BCUT2D eigenvalue weighted by molar-refractivity contribution is 0.433. The van der Waals surface area contributed by atoms with Crippen LogP contribution in [0.15, 0.2) is 27.2 Å². The number of halogens is 1. The van der Waals surface area contributed by atoms with E-state index in [1.807, 2.05) is 25.1 Å². The normalized spacial score (nSPS) is 10.4. The molecule has 1 heterocycles. The van der Waals surface area contributed by atoms with Gasteiger partial charge in [-0.3, -0.25) is 0 Å². The van der Waals surface area contributed by atoms with Gasteiger partial charge in [0.25, 0.3) is 11.8 Å². The lowest BCUT2D eigenvalue weighted by Crippen LogP contribution is -1.86. The molecule has 4 nitrogen and oxygen atoms in total. The maximum atomic E-state index is 5.37. The number of hydrogen-bond donors (Lipinski definition) is 1. The van der Waals surface area contributed by atoms with Crippen LogP contribution in [0, 0.1) is 6.92 Å². The molecule has 72 valence electrons. The predicted molar refractivity (Wildman–Crippen MR) is 56.6 cm³/mol. The van der Waals surface area contributed by atoms with E-state index in [9.17, 15) is 0 Å². The monoisotopic (exact) mass is 253 g/mol. The summed E-state index contributed by atoms with van der Waals surface area (Å²) >= 11 is 3.46. The first kappa shape index (κ1) is 9.21. The lowest BCUT2D eigenvalue weighted by atomic mass is 10.1. The van der Waals surface area contributed by atoms with Crippen LogP contribution in [-0.4, -0.2) is 10.1 Å². The molecular formula is C9H8BrN3O. The van der Waals surface area contributed by atoms with Crippen molar-refractivity contribution < 1.29 is 4.52 Å². The van der Waals surface area contributed by atoms with E-state index in [0.717, 1.165) is 15.6 Å². The van der Waals surface area contributed by atoms with Crippen LogP contribution in [-0.2, 0) is 0 Å². The Hall–Kier alpha value is -1.36. The Labute approximate surface area is 89.2 Å². The van der Waals surface area contributed by atoms with E-state index in [0.29, 0.717) is 5.89 Å². The molecule has 0 spiro atoms. The second-order valence-corrected chi connectivity index (χ2v) is 3.69. The number of benzene rings is 1. The number of nitrogen functional groups attached to an aromatic ring is 1. The first-order valence-corrected chi connectivity index (χ1v) is 4.82. The van der Waals surface area contributed by atoms with Crippen molar-refractivity contribution in [3.63, 3.8) is 0 Å². The van der Waals surface area contributed by atoms with Crippen molar-refractivity contribution in [1.29, 1.82) is 0 Å². The molecule has 0 aliphatic carbocycles. The minimum atomic E-state index is 0.147. The van der Waals surface area contributed by atoms with E-state index in [2.05, 4.69) is 26.1 Å². The summed E-state index contributed by atoms with van der Waals surface area (Å²) in [6.45, 7) is 1.99. The summed E-state index contributed by atoms with van der Waals surface area (Å²) in [4.78, 5) is 3.95. The summed E-state index contributed by atoms with van der Waals surface area (Å²) in [5.74, 6) is 0.575. The van der Waals surface area contributed by atoms with E-state index in [4.69, 9.17) is 10.3 Å². The van der Waals surface area contributed by atoms with Crippen LogP contribution in [0.25, 0.3) is 11.5 Å². The quantitative estimate of drug-likeness (QED) is 0.848. The van der Waals surface area contributed by atoms with E-state index < -0.39 is 0 Å². The van der Waals surface area contributed by atoms with E-state index >= 15 is 0 Å². The van der Waals surface area contributed by atoms with Crippen LogP contribution in [0.3, 0.4) is 0 Å². The Kier molecular flexibility index (Phi) is 2.25. The zero-order valence-corrected chi connectivity index (χ0v) is 9.08. The summed E-state index contributed by atoms with van der Waals surface area (Å²) in [7, 11) is 0. The van der Waals surface area contributed by atoms with Crippen LogP contribution in [0.2, 0.25) is 0 Å². The van der Waals surface area contributed by atoms with Crippen molar-refractivity contribution in [2.24, 2.45) is 0 Å². The van der Waals surface area contributed by atoms with Crippen molar-refractivity contribution >= 4 is 21.9 Å². The third-order valence-electron chi connectivity index (χ3n) is 1.86. The minimum absolute atomic E-state index is 0.147. The highest BCUT2D eigenvalue weighted by atomic mass is 79.9. The van der Waals surface area contributed by atoms with Gasteiger partial charge in [0.05, 0.1) is 5.56 Å². The third-order valence-corrected chi connectivity index (χ3v) is 2.92. The van der Waals surface area contributed by atoms with Gasteiger partial charge in [-0.25, -0.2) is 0 Å². The number of aryl methyl sites for hydroxylation is 1. The number of aromatic nitrogens is 2. The van der Waals surface area contributed by atoms with Gasteiger partial charge in [-0.15, -0.1) is 0 Å². The van der Waals surface area contributed by atoms with Crippen molar-refractivity contribution in [3.8, 4) is 11.5 Å². The minimum Gasteiger partial charge on any atom is -0.365 e. The van der Waals surface area contributed by atoms with Gasteiger partial charge in [0, 0.05) is 4.47 Å². The maximum absolute atomic E-state index is 5.37. The summed E-state index contributed by atoms with van der Waals surface area (Å²) in [6.07, 6.45) is 0. The molecule has 0 atom stereocenters. The van der Waals surface area contributed by atoms with Gasteiger partial charge >= 0.3 is 0 Å². The summed E-state index contributed by atoms with van der Waals surface area (Å²) < 4.78 is 5.92. The van der Waals surface area contributed by atoms with Gasteiger partial charge < -0.3 is 10.3 Å². The highest BCUT2D eigenvalue weighted by molar-refractivity contribution is 9.10. The molecular weight excluding hydrogens is 246 g/mol. The summed E-state index contributed by atoms with van der Waals surface area (Å²) in [6, 6.07) is 5.81. The van der Waals surface area contributed by atoms with Gasteiger partial charge in [-0.05, 0) is 39.6 Å². The highest BCUT2D eigenvalue weighted by Crippen LogP contribution is 2.29. The fraction of sp³-hybridized carbons (Fsp3) is 0.111. The average molecular weight is 254 g/mol. The molecule has 0 bridgehead atoms. The lowest BCUT2D eigenvalue weighted by Gasteiger charge is -2.01. The zero-order valence-electron chi connectivity index (χ0n) is 7.49. The molecule has 0 amide bonds. The number of nitrogens with two attached hydrogens (primary N) is 1. The van der Waals surface area contributed by atoms with Gasteiger partial charge in [-0.1, -0.05) is 12.1 Å². The molecule has 0 fully saturated rings. The largest absolute Gasteiger partial charge is 0.365 e. The molecule has 2 N–H and O–H groups in total. The Morgan fingerprint density at radius 1 is 1.43 bits per heavy atom. The Bertz CT molecular complexity index is 467. The molecule has 0 saturated heterocycles. The molecule has 2 aromatic rings. The van der Waals surface area contributed by atoms with E-state index in [1.54, 1.807) is 0 Å². The maximum Gasteiger partial charge on any atom is 0.261 e. The predicted octanol–water partition coefficient (Wildman–Crippen LogP) is 2.39. The van der Waals surface area contributed by atoms with Crippen LogP contribution < -0.4 is 5.73 Å². The molecule has 5 heteroatoms. The zero-order chi connectivity index (χ0) is 10.1. The fourth-order valence-corrected chi connectivity index (χ4v) is 1.59. The highest BCUT2D eigenvalue weighted by Gasteiger charge is 2.11. The Morgan fingerprint density at radius 2 is 2.21 bits per heavy atom. The second kappa shape index (κ2) is 3.42. The topological polar surface area (TPSA) is 64.9 Å². The van der Waals surface area contributed by atoms with Crippen LogP contribution >= 0.6 is 15.9 Å². The molecule has 0 radical (unpaired) electrons. The fourth-order valence-electron chi connectivity index (χ4n) is 1.16. The van der Waals surface area contributed by atoms with E-state index in [-0.39, 0.29) is 5.95 Å². The Morgan fingerprint density at radius 3 is 2.86 bits per heavy atom. The average Bonchev–Trinajstić information content (AvgIpc) is 2.57. The second-order valence-electron chi connectivity index (χ2n) is 2.89. The van der Waals surface area contributed by atoms with Crippen molar-refractivity contribution in [3.05, 3.63) is 28.2 Å². The van der Waals surface area contributed by atoms with Gasteiger partial charge in [0.2, 0.25) is 0 Å². The van der Waals surface area contributed by atoms with Gasteiger partial charge in [-0.2, -0.15) is 4.98 Å². The molecule has 1 aromatic carbocycles. The first-order chi connectivity index (χ1) is 6.68. The molecule has 0 saturated carbocycles. The van der Waals surface area contributed by atoms with Gasteiger partial charge in [0.1, 0.15) is 0 Å². The number of nitrogens with zero attached hydrogens (tertiary/aromatic N) is 2. The molecule has 0 aliphatic heterocycles.